The molecular formula is C15H14N2O3S2. The van der Waals surface area contributed by atoms with Crippen LogP contribution in [0, 0.1) is 6.92 Å². The highest BCUT2D eigenvalue weighted by molar-refractivity contribution is 7.91. The maximum atomic E-state index is 12.1. The van der Waals surface area contributed by atoms with Gasteiger partial charge in [0.15, 0.2) is 0 Å². The molecule has 0 radical (unpaired) electrons. The quantitative estimate of drug-likeness (QED) is 0.778. The predicted molar refractivity (Wildman–Crippen MR) is 85.0 cm³/mol. The van der Waals surface area contributed by atoms with Crippen LogP contribution in [0.1, 0.15) is 10.4 Å². The van der Waals surface area contributed by atoms with E-state index in [2.05, 4.69) is 9.71 Å². The molecule has 0 atom stereocenters. The van der Waals surface area contributed by atoms with E-state index >= 15 is 0 Å². The number of pyridine rings is 1. The molecule has 0 aliphatic carbocycles. The van der Waals surface area contributed by atoms with Crippen molar-refractivity contribution in [2.24, 2.45) is 0 Å². The Morgan fingerprint density at radius 1 is 1.23 bits per heavy atom. The lowest BCUT2D eigenvalue weighted by molar-refractivity contribution is 0.568. The number of aromatic nitrogens is 1. The molecule has 0 aromatic carbocycles. The summed E-state index contributed by atoms with van der Waals surface area (Å²) in [6.07, 6.45) is 4.86. The summed E-state index contributed by atoms with van der Waals surface area (Å²) in [6, 6.07) is 8.91. The molecule has 3 heterocycles. The van der Waals surface area contributed by atoms with Crippen LogP contribution in [0.3, 0.4) is 0 Å². The average Bonchev–Trinajstić information content (AvgIpc) is 3.17. The number of nitrogens with zero attached hydrogens (tertiary/aromatic N) is 1. The van der Waals surface area contributed by atoms with Crippen LogP contribution in [-0.4, -0.2) is 13.4 Å². The lowest BCUT2D eigenvalue weighted by Gasteiger charge is -2.05. The molecule has 0 fully saturated rings. The number of thiophene rings is 1. The van der Waals surface area contributed by atoms with E-state index in [-0.39, 0.29) is 6.54 Å². The van der Waals surface area contributed by atoms with Crippen molar-refractivity contribution in [3.8, 4) is 11.3 Å². The van der Waals surface area contributed by atoms with Crippen LogP contribution in [0.5, 0.6) is 0 Å². The third-order valence-corrected chi connectivity index (χ3v) is 5.98. The summed E-state index contributed by atoms with van der Waals surface area (Å²) in [4.78, 5) is 5.27. The monoisotopic (exact) mass is 334 g/mol. The first-order chi connectivity index (χ1) is 10.5. The average molecular weight is 334 g/mol. The van der Waals surface area contributed by atoms with Gasteiger partial charge in [0, 0.05) is 23.2 Å². The molecule has 114 valence electrons. The minimum atomic E-state index is -3.47. The smallest absolute Gasteiger partial charge is 0.250 e. The Bertz CT molecular complexity index is 851. The Morgan fingerprint density at radius 3 is 2.68 bits per heavy atom. The van der Waals surface area contributed by atoms with Crippen LogP contribution in [-0.2, 0) is 16.6 Å². The molecule has 0 amide bonds. The summed E-state index contributed by atoms with van der Waals surface area (Å²) >= 11 is 1.25. The zero-order valence-corrected chi connectivity index (χ0v) is 13.4. The van der Waals surface area contributed by atoms with E-state index in [9.17, 15) is 8.42 Å². The molecule has 0 unspecified atom stereocenters. The molecule has 5 nitrogen and oxygen atoms in total. The first-order valence-electron chi connectivity index (χ1n) is 6.58. The second kappa shape index (κ2) is 6.04. The minimum Gasteiger partial charge on any atom is -0.472 e. The van der Waals surface area contributed by atoms with E-state index in [1.54, 1.807) is 30.9 Å². The highest BCUT2D eigenvalue weighted by Gasteiger charge is 2.15. The van der Waals surface area contributed by atoms with Gasteiger partial charge in [-0.1, -0.05) is 6.07 Å². The van der Waals surface area contributed by atoms with Gasteiger partial charge in [-0.3, -0.25) is 4.98 Å². The number of rotatable bonds is 5. The first-order valence-corrected chi connectivity index (χ1v) is 8.88. The fraction of sp³-hybridized carbons (Fsp3) is 0.133. The molecule has 1 N–H and O–H groups in total. The standard InChI is InChI=1S/C15H14N2O3S2/c1-11-2-5-15(21-11)22(18,19)17-9-12-3-4-14(16-8-12)13-6-7-20-10-13/h2-8,10,17H,9H2,1H3. The van der Waals surface area contributed by atoms with Gasteiger partial charge in [-0.25, -0.2) is 13.1 Å². The van der Waals surface area contributed by atoms with Crippen molar-refractivity contribution in [1.29, 1.82) is 0 Å². The highest BCUT2D eigenvalue weighted by Crippen LogP contribution is 2.21. The van der Waals surface area contributed by atoms with Gasteiger partial charge in [-0.15, -0.1) is 11.3 Å². The van der Waals surface area contributed by atoms with Crippen molar-refractivity contribution in [3.63, 3.8) is 0 Å². The van der Waals surface area contributed by atoms with Crippen LogP contribution in [0.2, 0.25) is 0 Å². The number of aryl methyl sites for hydroxylation is 1. The molecular weight excluding hydrogens is 320 g/mol. The number of hydrogen-bond acceptors (Lipinski definition) is 5. The largest absolute Gasteiger partial charge is 0.472 e. The topological polar surface area (TPSA) is 72.2 Å². The van der Waals surface area contributed by atoms with Crippen LogP contribution < -0.4 is 4.72 Å². The summed E-state index contributed by atoms with van der Waals surface area (Å²) in [6.45, 7) is 2.08. The molecule has 0 aliphatic heterocycles. The summed E-state index contributed by atoms with van der Waals surface area (Å²) in [5.74, 6) is 0. The lowest BCUT2D eigenvalue weighted by Crippen LogP contribution is -2.22. The molecule has 3 aromatic heterocycles. The van der Waals surface area contributed by atoms with Gasteiger partial charge in [-0.2, -0.15) is 0 Å². The van der Waals surface area contributed by atoms with Crippen LogP contribution in [0.25, 0.3) is 11.3 Å². The number of sulfonamides is 1. The van der Waals surface area contributed by atoms with Gasteiger partial charge >= 0.3 is 0 Å². The van der Waals surface area contributed by atoms with Crippen molar-refractivity contribution in [2.45, 2.75) is 17.7 Å². The first kappa shape index (κ1) is 15.0. The van der Waals surface area contributed by atoms with Gasteiger partial charge < -0.3 is 4.42 Å². The Balaban J connectivity index is 1.69. The zero-order chi connectivity index (χ0) is 15.6. The summed E-state index contributed by atoms with van der Waals surface area (Å²) in [7, 11) is -3.47. The zero-order valence-electron chi connectivity index (χ0n) is 11.8. The molecule has 3 aromatic rings. The Hall–Kier alpha value is -1.96. The normalized spacial score (nSPS) is 11.7. The van der Waals surface area contributed by atoms with Crippen molar-refractivity contribution in [3.05, 3.63) is 59.5 Å². The van der Waals surface area contributed by atoms with Gasteiger partial charge in [0.05, 0.1) is 18.2 Å². The molecule has 3 rings (SSSR count). The van der Waals surface area contributed by atoms with E-state index < -0.39 is 10.0 Å². The molecule has 0 saturated carbocycles. The molecule has 22 heavy (non-hydrogen) atoms. The van der Waals surface area contributed by atoms with Gasteiger partial charge in [0.2, 0.25) is 10.0 Å². The van der Waals surface area contributed by atoms with Gasteiger partial charge in [-0.05, 0) is 36.8 Å². The van der Waals surface area contributed by atoms with Crippen molar-refractivity contribution in [2.75, 3.05) is 0 Å². The molecule has 0 bridgehead atoms. The second-order valence-corrected chi connectivity index (χ2v) is 8.04. The summed E-state index contributed by atoms with van der Waals surface area (Å²) < 4.78 is 32.2. The summed E-state index contributed by atoms with van der Waals surface area (Å²) in [5, 5.41) is 0. The van der Waals surface area contributed by atoms with E-state index in [1.807, 2.05) is 25.1 Å². The maximum absolute atomic E-state index is 12.1. The SMILES string of the molecule is Cc1ccc(S(=O)(=O)NCc2ccc(-c3ccoc3)nc2)s1. The van der Waals surface area contributed by atoms with Crippen LogP contribution in [0.4, 0.5) is 0 Å². The second-order valence-electron chi connectivity index (χ2n) is 4.75. The van der Waals surface area contributed by atoms with Crippen LogP contribution >= 0.6 is 11.3 Å². The number of nitrogens with one attached hydrogen (secondary N) is 1. The molecule has 0 aliphatic rings. The third kappa shape index (κ3) is 3.27. The van der Waals surface area contributed by atoms with E-state index in [1.165, 1.54) is 11.3 Å². The fourth-order valence-electron chi connectivity index (χ4n) is 1.92. The molecule has 7 heteroatoms. The van der Waals surface area contributed by atoms with Crippen molar-refractivity contribution >= 4 is 21.4 Å². The fourth-order valence-corrected chi connectivity index (χ4v) is 4.26. The number of hydrogen-bond donors (Lipinski definition) is 1. The lowest BCUT2D eigenvalue weighted by atomic mass is 10.2. The minimum absolute atomic E-state index is 0.206. The van der Waals surface area contributed by atoms with Gasteiger partial charge in [0.25, 0.3) is 0 Å². The maximum Gasteiger partial charge on any atom is 0.250 e. The van der Waals surface area contributed by atoms with Gasteiger partial charge in [0.1, 0.15) is 4.21 Å². The summed E-state index contributed by atoms with van der Waals surface area (Å²) in [5.41, 5.74) is 2.47. The van der Waals surface area contributed by atoms with Crippen molar-refractivity contribution in [1.82, 2.24) is 9.71 Å². The van der Waals surface area contributed by atoms with Crippen molar-refractivity contribution < 1.29 is 12.8 Å². The molecule has 0 saturated heterocycles. The van der Waals surface area contributed by atoms with Crippen LogP contribution in [0.15, 0.2) is 57.7 Å². The molecule has 0 spiro atoms. The number of furan rings is 1. The van der Waals surface area contributed by atoms with E-state index in [4.69, 9.17) is 4.42 Å². The predicted octanol–water partition coefficient (Wildman–Crippen LogP) is 3.19. The third-order valence-electron chi connectivity index (χ3n) is 3.09. The van der Waals surface area contributed by atoms with E-state index in [0.29, 0.717) is 4.21 Å². The Labute approximate surface area is 132 Å². The van der Waals surface area contributed by atoms with E-state index in [0.717, 1.165) is 21.7 Å². The highest BCUT2D eigenvalue weighted by atomic mass is 32.2. The Morgan fingerprint density at radius 2 is 2.09 bits per heavy atom. The Kier molecular flexibility index (Phi) is 4.10.